The highest BCUT2D eigenvalue weighted by Gasteiger charge is 2.23. The number of alkyl halides is 2. The molecule has 2 aromatic rings. The smallest absolute Gasteiger partial charge is 0.387 e. The van der Waals surface area contributed by atoms with Gasteiger partial charge in [0.2, 0.25) is 0 Å². The monoisotopic (exact) mass is 399 g/mol. The largest absolute Gasteiger partial charge is 0.493 e. The van der Waals surface area contributed by atoms with Crippen molar-refractivity contribution in [2.75, 3.05) is 14.2 Å². The van der Waals surface area contributed by atoms with Gasteiger partial charge in [-0.1, -0.05) is 40.2 Å². The molecule has 4 nitrogen and oxygen atoms in total. The lowest BCUT2D eigenvalue weighted by molar-refractivity contribution is -0.0516. The molecule has 0 aliphatic heterocycles. The van der Waals surface area contributed by atoms with Crippen molar-refractivity contribution >= 4 is 21.8 Å². The molecule has 1 amide bonds. The number of carbonyl (C=O) groups excluding carboxylic acids is 1. The van der Waals surface area contributed by atoms with Crippen molar-refractivity contribution < 1.29 is 23.0 Å². The van der Waals surface area contributed by atoms with Crippen LogP contribution in [0.1, 0.15) is 15.9 Å². The number of methoxy groups -OCH3 is 1. The second-order valence-electron chi connectivity index (χ2n) is 4.97. The summed E-state index contributed by atoms with van der Waals surface area (Å²) in [6, 6.07) is 11.9. The predicted molar refractivity (Wildman–Crippen MR) is 89.6 cm³/mol. The fourth-order valence-corrected chi connectivity index (χ4v) is 2.63. The maximum Gasteiger partial charge on any atom is 0.387 e. The van der Waals surface area contributed by atoms with Crippen molar-refractivity contribution in [1.29, 1.82) is 0 Å². The summed E-state index contributed by atoms with van der Waals surface area (Å²) >= 11 is 3.42. The topological polar surface area (TPSA) is 38.8 Å². The minimum Gasteiger partial charge on any atom is -0.493 e. The Bertz CT molecular complexity index is 725. The van der Waals surface area contributed by atoms with E-state index < -0.39 is 12.5 Å². The lowest BCUT2D eigenvalue weighted by atomic mass is 10.1. The zero-order valence-corrected chi connectivity index (χ0v) is 14.7. The molecular formula is C17H16BrF2NO3. The third-order valence-electron chi connectivity index (χ3n) is 3.35. The Labute approximate surface area is 147 Å². The van der Waals surface area contributed by atoms with Crippen LogP contribution >= 0.6 is 15.9 Å². The van der Waals surface area contributed by atoms with Gasteiger partial charge in [0.25, 0.3) is 5.91 Å². The van der Waals surface area contributed by atoms with Crippen molar-refractivity contribution in [2.24, 2.45) is 0 Å². The van der Waals surface area contributed by atoms with Crippen LogP contribution in [-0.2, 0) is 6.54 Å². The number of benzene rings is 2. The number of para-hydroxylation sites is 1. The summed E-state index contributed by atoms with van der Waals surface area (Å²) in [6.45, 7) is -2.74. The average Bonchev–Trinajstić information content (AvgIpc) is 2.56. The number of hydrogen-bond donors (Lipinski definition) is 0. The van der Waals surface area contributed by atoms with E-state index in [1.54, 1.807) is 13.1 Å². The minimum atomic E-state index is -3.05. The molecule has 0 fully saturated rings. The molecule has 7 heteroatoms. The molecule has 0 saturated carbocycles. The van der Waals surface area contributed by atoms with E-state index in [1.807, 2.05) is 24.3 Å². The van der Waals surface area contributed by atoms with Crippen LogP contribution < -0.4 is 9.47 Å². The molecule has 0 radical (unpaired) electrons. The van der Waals surface area contributed by atoms with Crippen molar-refractivity contribution in [3.8, 4) is 11.5 Å². The molecule has 0 heterocycles. The van der Waals surface area contributed by atoms with Crippen LogP contribution in [0.2, 0.25) is 0 Å². The predicted octanol–water partition coefficient (Wildman–Crippen LogP) is 4.33. The SMILES string of the molecule is COc1cccc(C(=O)N(C)Cc2ccccc2Br)c1OC(F)F. The summed E-state index contributed by atoms with van der Waals surface area (Å²) in [5, 5.41) is 0. The van der Waals surface area contributed by atoms with Crippen molar-refractivity contribution in [3.05, 3.63) is 58.1 Å². The zero-order valence-electron chi connectivity index (χ0n) is 13.1. The van der Waals surface area contributed by atoms with Crippen LogP contribution in [0.3, 0.4) is 0 Å². The maximum atomic E-state index is 12.7. The standard InChI is InChI=1S/C17H16BrF2NO3/c1-21(10-11-6-3-4-8-13(11)18)16(22)12-7-5-9-14(23-2)15(12)24-17(19)20/h3-9,17H,10H2,1-2H3. The van der Waals surface area contributed by atoms with Crippen molar-refractivity contribution in [3.63, 3.8) is 0 Å². The molecule has 2 rings (SSSR count). The van der Waals surface area contributed by atoms with Gasteiger partial charge in [-0.3, -0.25) is 4.79 Å². The number of carbonyl (C=O) groups is 1. The van der Waals surface area contributed by atoms with Gasteiger partial charge in [0, 0.05) is 18.1 Å². The maximum absolute atomic E-state index is 12.7. The highest BCUT2D eigenvalue weighted by Crippen LogP contribution is 2.33. The Morgan fingerprint density at radius 2 is 1.92 bits per heavy atom. The quantitative estimate of drug-likeness (QED) is 0.725. The summed E-state index contributed by atoms with van der Waals surface area (Å²) in [6.07, 6.45) is 0. The summed E-state index contributed by atoms with van der Waals surface area (Å²) in [5.41, 5.74) is 0.914. The number of amides is 1. The number of nitrogens with zero attached hydrogens (tertiary/aromatic N) is 1. The normalized spacial score (nSPS) is 10.6. The molecule has 128 valence electrons. The molecule has 0 spiro atoms. The first-order valence-electron chi connectivity index (χ1n) is 7.04. The second-order valence-corrected chi connectivity index (χ2v) is 5.82. The Kier molecular flexibility index (Phi) is 6.14. The molecule has 0 aliphatic rings. The fraction of sp³-hybridized carbons (Fsp3) is 0.235. The van der Waals surface area contributed by atoms with E-state index in [0.717, 1.165) is 10.0 Å². The van der Waals surface area contributed by atoms with Gasteiger partial charge in [-0.25, -0.2) is 0 Å². The van der Waals surface area contributed by atoms with E-state index >= 15 is 0 Å². The third kappa shape index (κ3) is 4.23. The van der Waals surface area contributed by atoms with Crippen LogP contribution in [0.5, 0.6) is 11.5 Å². The lowest BCUT2D eigenvalue weighted by Crippen LogP contribution is -2.27. The molecule has 0 saturated heterocycles. The van der Waals surface area contributed by atoms with Gasteiger partial charge in [0.05, 0.1) is 12.7 Å². The van der Waals surface area contributed by atoms with Gasteiger partial charge in [-0.15, -0.1) is 0 Å². The van der Waals surface area contributed by atoms with Crippen LogP contribution in [0.15, 0.2) is 46.9 Å². The van der Waals surface area contributed by atoms with Crippen LogP contribution in [-0.4, -0.2) is 31.6 Å². The van der Waals surface area contributed by atoms with Crippen molar-refractivity contribution in [2.45, 2.75) is 13.2 Å². The fourth-order valence-electron chi connectivity index (χ4n) is 2.22. The first kappa shape index (κ1) is 18.2. The number of hydrogen-bond acceptors (Lipinski definition) is 3. The summed E-state index contributed by atoms with van der Waals surface area (Å²) < 4.78 is 35.7. The van der Waals surface area contributed by atoms with Gasteiger partial charge >= 0.3 is 6.61 Å². The molecule has 0 N–H and O–H groups in total. The van der Waals surface area contributed by atoms with E-state index in [9.17, 15) is 13.6 Å². The minimum absolute atomic E-state index is 0.0178. The molecule has 0 aromatic heterocycles. The van der Waals surface area contributed by atoms with Gasteiger partial charge in [0.1, 0.15) is 0 Å². The van der Waals surface area contributed by atoms with Crippen LogP contribution in [0.4, 0.5) is 8.78 Å². The molecular weight excluding hydrogens is 384 g/mol. The highest BCUT2D eigenvalue weighted by atomic mass is 79.9. The molecule has 24 heavy (non-hydrogen) atoms. The van der Waals surface area contributed by atoms with Crippen molar-refractivity contribution in [1.82, 2.24) is 4.90 Å². The van der Waals surface area contributed by atoms with Gasteiger partial charge < -0.3 is 14.4 Å². The molecule has 0 aliphatic carbocycles. The van der Waals surface area contributed by atoms with Gasteiger partial charge in [-0.05, 0) is 23.8 Å². The van der Waals surface area contributed by atoms with E-state index in [2.05, 4.69) is 20.7 Å². The average molecular weight is 400 g/mol. The molecule has 0 atom stereocenters. The Hall–Kier alpha value is -2.15. The Morgan fingerprint density at radius 1 is 1.21 bits per heavy atom. The van der Waals surface area contributed by atoms with E-state index in [4.69, 9.17) is 4.74 Å². The third-order valence-corrected chi connectivity index (χ3v) is 4.12. The Morgan fingerprint density at radius 3 is 2.54 bits per heavy atom. The van der Waals surface area contributed by atoms with Crippen LogP contribution in [0, 0.1) is 0 Å². The van der Waals surface area contributed by atoms with E-state index in [-0.39, 0.29) is 17.1 Å². The highest BCUT2D eigenvalue weighted by molar-refractivity contribution is 9.10. The zero-order chi connectivity index (χ0) is 17.7. The van der Waals surface area contributed by atoms with Gasteiger partial charge in [-0.2, -0.15) is 8.78 Å². The number of ether oxygens (including phenoxy) is 2. The summed E-state index contributed by atoms with van der Waals surface area (Å²) in [7, 11) is 2.92. The number of halogens is 3. The van der Waals surface area contributed by atoms with Gasteiger partial charge in [0.15, 0.2) is 11.5 Å². The molecule has 0 unspecified atom stereocenters. The van der Waals surface area contributed by atoms with Crippen LogP contribution in [0.25, 0.3) is 0 Å². The first-order chi connectivity index (χ1) is 11.4. The molecule has 2 aromatic carbocycles. The lowest BCUT2D eigenvalue weighted by Gasteiger charge is -2.20. The summed E-state index contributed by atoms with van der Waals surface area (Å²) in [5.74, 6) is -0.630. The second kappa shape index (κ2) is 8.10. The van der Waals surface area contributed by atoms with E-state index in [0.29, 0.717) is 6.54 Å². The molecule has 0 bridgehead atoms. The Balaban J connectivity index is 2.30. The van der Waals surface area contributed by atoms with E-state index in [1.165, 1.54) is 24.1 Å². The first-order valence-corrected chi connectivity index (χ1v) is 7.84. The number of rotatable bonds is 6. The summed E-state index contributed by atoms with van der Waals surface area (Å²) in [4.78, 5) is 14.1.